The third-order valence-electron chi connectivity index (χ3n) is 3.35. The number of primary amides is 1. The van der Waals surface area contributed by atoms with Gasteiger partial charge in [0.25, 0.3) is 5.91 Å². The zero-order chi connectivity index (χ0) is 14.8. The van der Waals surface area contributed by atoms with Crippen LogP contribution in [0.25, 0.3) is 16.8 Å². The molecule has 0 saturated heterocycles. The molecule has 1 heterocycles. The minimum Gasteiger partial charge on any atom is -0.364 e. The highest BCUT2D eigenvalue weighted by atomic mass is 16.1. The van der Waals surface area contributed by atoms with Crippen molar-refractivity contribution in [1.82, 2.24) is 15.0 Å². The number of hydrogen-bond acceptors (Lipinski definition) is 3. The lowest BCUT2D eigenvalue weighted by Crippen LogP contribution is -2.13. The summed E-state index contributed by atoms with van der Waals surface area (Å²) in [6.45, 7) is 1.77. The van der Waals surface area contributed by atoms with Gasteiger partial charge in [-0.2, -0.15) is 0 Å². The minimum absolute atomic E-state index is 0.196. The second-order valence-electron chi connectivity index (χ2n) is 4.71. The summed E-state index contributed by atoms with van der Waals surface area (Å²) in [5, 5.41) is 7.79. The lowest BCUT2D eigenvalue weighted by molar-refractivity contribution is 0.0995. The molecule has 104 valence electrons. The number of amides is 1. The van der Waals surface area contributed by atoms with Crippen LogP contribution in [-0.2, 0) is 0 Å². The smallest absolute Gasteiger partial charge is 0.271 e. The minimum atomic E-state index is -0.570. The van der Waals surface area contributed by atoms with E-state index >= 15 is 0 Å². The standard InChI is InChI=1S/C16H14N4O/c1-11-15(16(17)21)18-19-20(11)14-9-7-13(8-10-14)12-5-3-2-4-6-12/h2-10H,1H3,(H2,17,21). The van der Waals surface area contributed by atoms with Gasteiger partial charge in [-0.25, -0.2) is 4.68 Å². The molecule has 1 amide bonds. The molecule has 2 N–H and O–H groups in total. The molecular formula is C16H14N4O. The Balaban J connectivity index is 1.97. The number of carbonyl (C=O) groups is 1. The van der Waals surface area contributed by atoms with Gasteiger partial charge in [0.2, 0.25) is 0 Å². The molecule has 0 aliphatic heterocycles. The largest absolute Gasteiger partial charge is 0.364 e. The fraction of sp³-hybridized carbons (Fsp3) is 0.0625. The topological polar surface area (TPSA) is 73.8 Å². The van der Waals surface area contributed by atoms with Crippen LogP contribution < -0.4 is 5.73 Å². The van der Waals surface area contributed by atoms with Crippen molar-refractivity contribution in [2.24, 2.45) is 5.73 Å². The van der Waals surface area contributed by atoms with Crippen LogP contribution in [0.4, 0.5) is 0 Å². The molecule has 0 aliphatic rings. The number of nitrogens with zero attached hydrogens (tertiary/aromatic N) is 3. The van der Waals surface area contributed by atoms with Crippen LogP contribution in [-0.4, -0.2) is 20.9 Å². The van der Waals surface area contributed by atoms with E-state index in [1.807, 2.05) is 42.5 Å². The molecule has 21 heavy (non-hydrogen) atoms. The van der Waals surface area contributed by atoms with Crippen molar-refractivity contribution >= 4 is 5.91 Å². The molecule has 5 heteroatoms. The first-order valence-electron chi connectivity index (χ1n) is 6.55. The van der Waals surface area contributed by atoms with Gasteiger partial charge in [0.05, 0.1) is 11.4 Å². The Hall–Kier alpha value is -2.95. The van der Waals surface area contributed by atoms with Crippen molar-refractivity contribution in [2.45, 2.75) is 6.92 Å². The third kappa shape index (κ3) is 2.41. The lowest BCUT2D eigenvalue weighted by Gasteiger charge is -2.05. The summed E-state index contributed by atoms with van der Waals surface area (Å²) in [7, 11) is 0. The number of benzene rings is 2. The molecule has 0 fully saturated rings. The van der Waals surface area contributed by atoms with Crippen molar-refractivity contribution in [1.29, 1.82) is 0 Å². The quantitative estimate of drug-likeness (QED) is 0.799. The summed E-state index contributed by atoms with van der Waals surface area (Å²) < 4.78 is 1.61. The van der Waals surface area contributed by atoms with Crippen LogP contribution in [0.1, 0.15) is 16.2 Å². The number of nitrogens with two attached hydrogens (primary N) is 1. The average Bonchev–Trinajstić information content (AvgIpc) is 2.90. The van der Waals surface area contributed by atoms with Crippen LogP contribution in [0.3, 0.4) is 0 Å². The lowest BCUT2D eigenvalue weighted by atomic mass is 10.1. The van der Waals surface area contributed by atoms with Crippen LogP contribution in [0, 0.1) is 6.92 Å². The first kappa shape index (κ1) is 13.1. The van der Waals surface area contributed by atoms with E-state index in [1.54, 1.807) is 11.6 Å². The number of aromatic nitrogens is 3. The van der Waals surface area contributed by atoms with E-state index in [4.69, 9.17) is 5.73 Å². The number of hydrogen-bond donors (Lipinski definition) is 1. The molecule has 0 atom stereocenters. The molecule has 0 unspecified atom stereocenters. The maximum Gasteiger partial charge on any atom is 0.271 e. The summed E-state index contributed by atoms with van der Waals surface area (Å²) in [4.78, 5) is 11.2. The van der Waals surface area contributed by atoms with Gasteiger partial charge in [0.15, 0.2) is 5.69 Å². The van der Waals surface area contributed by atoms with E-state index in [2.05, 4.69) is 22.4 Å². The first-order valence-corrected chi connectivity index (χ1v) is 6.55. The van der Waals surface area contributed by atoms with Gasteiger partial charge >= 0.3 is 0 Å². The van der Waals surface area contributed by atoms with E-state index < -0.39 is 5.91 Å². The van der Waals surface area contributed by atoms with Gasteiger partial charge in [-0.05, 0) is 30.2 Å². The van der Waals surface area contributed by atoms with Gasteiger partial charge < -0.3 is 5.73 Å². The maximum atomic E-state index is 11.2. The zero-order valence-corrected chi connectivity index (χ0v) is 11.5. The van der Waals surface area contributed by atoms with E-state index in [-0.39, 0.29) is 5.69 Å². The Morgan fingerprint density at radius 2 is 1.62 bits per heavy atom. The molecule has 5 nitrogen and oxygen atoms in total. The van der Waals surface area contributed by atoms with Gasteiger partial charge in [-0.1, -0.05) is 47.7 Å². The van der Waals surface area contributed by atoms with E-state index in [9.17, 15) is 4.79 Å². The van der Waals surface area contributed by atoms with Gasteiger partial charge in [0, 0.05) is 0 Å². The summed E-state index contributed by atoms with van der Waals surface area (Å²) in [6.07, 6.45) is 0. The zero-order valence-electron chi connectivity index (χ0n) is 11.5. The van der Waals surface area contributed by atoms with Gasteiger partial charge in [0.1, 0.15) is 0 Å². The Labute approximate surface area is 122 Å². The highest BCUT2D eigenvalue weighted by Crippen LogP contribution is 2.21. The SMILES string of the molecule is Cc1c(C(N)=O)nnn1-c1ccc(-c2ccccc2)cc1. The number of rotatable bonds is 3. The summed E-state index contributed by atoms with van der Waals surface area (Å²) in [5.41, 5.74) is 9.19. The third-order valence-corrected chi connectivity index (χ3v) is 3.35. The summed E-state index contributed by atoms with van der Waals surface area (Å²) >= 11 is 0. The Morgan fingerprint density at radius 1 is 1.00 bits per heavy atom. The Bertz CT molecular complexity index is 776. The van der Waals surface area contributed by atoms with Crippen molar-refractivity contribution in [3.63, 3.8) is 0 Å². The fourth-order valence-electron chi connectivity index (χ4n) is 2.23. The molecule has 0 radical (unpaired) electrons. The molecule has 0 bridgehead atoms. The molecule has 3 aromatic rings. The monoisotopic (exact) mass is 278 g/mol. The van der Waals surface area contributed by atoms with Crippen LogP contribution >= 0.6 is 0 Å². The molecule has 3 rings (SSSR count). The van der Waals surface area contributed by atoms with Crippen LogP contribution in [0.15, 0.2) is 54.6 Å². The molecule has 0 saturated carbocycles. The van der Waals surface area contributed by atoms with Crippen LogP contribution in [0.5, 0.6) is 0 Å². The molecule has 2 aromatic carbocycles. The first-order chi connectivity index (χ1) is 10.2. The van der Waals surface area contributed by atoms with Gasteiger partial charge in [-0.15, -0.1) is 5.10 Å². The van der Waals surface area contributed by atoms with E-state index in [0.29, 0.717) is 5.69 Å². The van der Waals surface area contributed by atoms with Crippen molar-refractivity contribution < 1.29 is 4.79 Å². The Kier molecular flexibility index (Phi) is 3.23. The van der Waals surface area contributed by atoms with Crippen molar-refractivity contribution in [3.05, 3.63) is 66.0 Å². The van der Waals surface area contributed by atoms with Crippen LogP contribution in [0.2, 0.25) is 0 Å². The fourth-order valence-corrected chi connectivity index (χ4v) is 2.23. The summed E-state index contributed by atoms with van der Waals surface area (Å²) in [5.74, 6) is -0.570. The maximum absolute atomic E-state index is 11.2. The van der Waals surface area contributed by atoms with Crippen molar-refractivity contribution in [2.75, 3.05) is 0 Å². The highest BCUT2D eigenvalue weighted by Gasteiger charge is 2.14. The molecule has 0 spiro atoms. The molecule has 1 aromatic heterocycles. The molecular weight excluding hydrogens is 264 g/mol. The van der Waals surface area contributed by atoms with E-state index in [0.717, 1.165) is 16.8 Å². The van der Waals surface area contributed by atoms with Gasteiger partial charge in [-0.3, -0.25) is 4.79 Å². The molecule has 0 aliphatic carbocycles. The predicted molar refractivity (Wildman–Crippen MR) is 80.0 cm³/mol. The predicted octanol–water partition coefficient (Wildman–Crippen LogP) is 2.34. The number of carbonyl (C=O) groups excluding carboxylic acids is 1. The Morgan fingerprint density at radius 3 is 2.19 bits per heavy atom. The normalized spacial score (nSPS) is 10.5. The summed E-state index contributed by atoms with van der Waals surface area (Å²) in [6, 6.07) is 18.0. The second-order valence-corrected chi connectivity index (χ2v) is 4.71. The van der Waals surface area contributed by atoms with E-state index in [1.165, 1.54) is 0 Å². The average molecular weight is 278 g/mol. The second kappa shape index (κ2) is 5.20. The van der Waals surface area contributed by atoms with Crippen molar-refractivity contribution in [3.8, 4) is 16.8 Å². The highest BCUT2D eigenvalue weighted by molar-refractivity contribution is 5.91.